The molecule has 0 spiro atoms. The van der Waals surface area contributed by atoms with E-state index in [4.69, 9.17) is 32.9 Å². The van der Waals surface area contributed by atoms with E-state index in [0.29, 0.717) is 11.4 Å². The summed E-state index contributed by atoms with van der Waals surface area (Å²) in [6.45, 7) is 49.8. The van der Waals surface area contributed by atoms with Gasteiger partial charge in [-0.15, -0.1) is 0 Å². The molecule has 117 heavy (non-hydrogen) atoms. The molecular formula is C107H76N10. The Morgan fingerprint density at radius 1 is 0.256 bits per heavy atom. The molecule has 0 atom stereocenters. The molecule has 0 saturated heterocycles. The Balaban J connectivity index is 0.000000105. The summed E-state index contributed by atoms with van der Waals surface area (Å²) < 4.78 is 0. The molecule has 0 saturated carbocycles. The van der Waals surface area contributed by atoms with Gasteiger partial charge >= 0.3 is 0 Å². The topological polar surface area (TPSA) is 86.2 Å². The molecule has 0 unspecified atom stereocenters. The van der Waals surface area contributed by atoms with Crippen molar-refractivity contribution in [3.63, 3.8) is 0 Å². The van der Waals surface area contributed by atoms with Gasteiger partial charge in [-0.1, -0.05) is 264 Å². The van der Waals surface area contributed by atoms with Gasteiger partial charge in [-0.05, 0) is 215 Å². The molecule has 10 heteroatoms. The fraction of sp³-hybridized carbons (Fsp3) is 0.103. The summed E-state index contributed by atoms with van der Waals surface area (Å²) in [6, 6.07) is 96.8. The summed E-state index contributed by atoms with van der Waals surface area (Å²) in [7, 11) is 0. The van der Waals surface area contributed by atoms with Crippen LogP contribution in [-0.4, -0.2) is 24.9 Å². The molecular weight excluding hydrogens is 1430 g/mol. The van der Waals surface area contributed by atoms with Crippen molar-refractivity contribution in [1.29, 1.82) is 0 Å². The number of pyridine rings is 5. The summed E-state index contributed by atoms with van der Waals surface area (Å²) in [6.07, 6.45) is 11.8. The van der Waals surface area contributed by atoms with Crippen LogP contribution in [0.3, 0.4) is 0 Å². The summed E-state index contributed by atoms with van der Waals surface area (Å²) in [5.74, 6) is 0. The second kappa shape index (κ2) is 31.3. The van der Waals surface area contributed by atoms with E-state index in [1.165, 1.54) is 122 Å². The molecule has 0 radical (unpaired) electrons. The minimum Gasteiger partial charge on any atom is -0.256 e. The smallest absolute Gasteiger partial charge is 0.191 e. The highest BCUT2D eigenvalue weighted by Gasteiger charge is 2.41. The molecule has 21 rings (SSSR count). The van der Waals surface area contributed by atoms with E-state index in [2.05, 4.69) is 259 Å². The van der Waals surface area contributed by atoms with Crippen molar-refractivity contribution in [3.8, 4) is 123 Å². The molecule has 5 heterocycles. The standard InChI is InChI=1S/C25H16N2.2C21H16N2.2C20H14N2/c1-26-24-12-6-10-20-19-9-5-11-21(22(19)16-23(20)24)25-15-18(13-14-27-25)17-7-3-2-4-8-17;1-21(2)19-14(15-9-7-12-18(22-3)20(15)21)8-6-10-16(19)17-11-4-5-13-23-17;1-21(2)18-13-14(22-3)10-11-15(18)16-7-6-8-17(20(16)21)19-9-4-5-12-23-19;1-13-9-10-20(22-12-13)16-7-3-5-14-15-6-4-8-19(21-2)18(15)11-17(14)16;1-13-6-9-20(22-12-13)18-5-3-4-17-16-8-7-15(21-2)10-14(16)11-19(17)18/h2-15H,16H2;2*4-13H,1-2H3;2*3-10,12H,11H2,1H3. The molecule has 16 aromatic rings. The number of aromatic nitrogens is 5. The molecule has 10 nitrogen and oxygen atoms in total. The predicted molar refractivity (Wildman–Crippen MR) is 474 cm³/mol. The lowest BCUT2D eigenvalue weighted by molar-refractivity contribution is 0.662. The first kappa shape index (κ1) is 74.4. The first-order chi connectivity index (χ1) is 57.1. The monoisotopic (exact) mass is 1500 g/mol. The van der Waals surface area contributed by atoms with Crippen molar-refractivity contribution in [2.75, 3.05) is 0 Å². The zero-order valence-electron chi connectivity index (χ0n) is 65.6. The van der Waals surface area contributed by atoms with E-state index in [0.717, 1.165) is 104 Å². The first-order valence-corrected chi connectivity index (χ1v) is 39.0. The van der Waals surface area contributed by atoms with Crippen LogP contribution in [-0.2, 0) is 30.1 Å². The fourth-order valence-corrected chi connectivity index (χ4v) is 17.8. The molecule has 554 valence electrons. The van der Waals surface area contributed by atoms with E-state index < -0.39 is 0 Å². The van der Waals surface area contributed by atoms with Gasteiger partial charge in [0.15, 0.2) is 28.4 Å². The quantitative estimate of drug-likeness (QED) is 0.155. The number of fused-ring (bicyclic) bond motifs is 15. The molecule has 5 aromatic heterocycles. The normalized spacial score (nSPS) is 12.5. The molecule has 5 aliphatic rings. The molecule has 0 bridgehead atoms. The Morgan fingerprint density at radius 3 is 1.15 bits per heavy atom. The number of aryl methyl sites for hydroxylation is 2. The summed E-state index contributed by atoms with van der Waals surface area (Å²) in [5.41, 5.74) is 43.3. The maximum Gasteiger partial charge on any atom is 0.191 e. The fourth-order valence-electron chi connectivity index (χ4n) is 17.8. The number of hydrogen-bond donors (Lipinski definition) is 0. The van der Waals surface area contributed by atoms with Crippen molar-refractivity contribution in [1.82, 2.24) is 24.9 Å². The Labute approximate surface area is 683 Å². The van der Waals surface area contributed by atoms with Gasteiger partial charge in [0.05, 0.1) is 61.3 Å². The first-order valence-electron chi connectivity index (χ1n) is 39.0. The van der Waals surface area contributed by atoms with Crippen molar-refractivity contribution in [2.45, 2.75) is 71.6 Å². The maximum absolute atomic E-state index is 7.53. The van der Waals surface area contributed by atoms with E-state index in [1.54, 1.807) is 0 Å². The van der Waals surface area contributed by atoms with Gasteiger partial charge in [-0.2, -0.15) is 0 Å². The average molecular weight is 1500 g/mol. The van der Waals surface area contributed by atoms with Crippen molar-refractivity contribution in [2.24, 2.45) is 0 Å². The van der Waals surface area contributed by atoms with Crippen LogP contribution in [0, 0.1) is 46.7 Å². The van der Waals surface area contributed by atoms with Crippen LogP contribution in [0.1, 0.15) is 94.5 Å². The molecule has 0 amide bonds. The summed E-state index contributed by atoms with van der Waals surface area (Å²) in [4.78, 5) is 41.2. The lowest BCUT2D eigenvalue weighted by Gasteiger charge is -2.25. The zero-order chi connectivity index (χ0) is 80.5. The molecule has 0 fully saturated rings. The zero-order valence-corrected chi connectivity index (χ0v) is 65.6. The second-order valence-corrected chi connectivity index (χ2v) is 30.8. The number of benzene rings is 11. The van der Waals surface area contributed by atoms with Gasteiger partial charge in [-0.25, -0.2) is 24.2 Å². The van der Waals surface area contributed by atoms with Gasteiger partial charge in [-0.3, -0.25) is 24.9 Å². The predicted octanol–water partition coefficient (Wildman–Crippen LogP) is 28.1. The van der Waals surface area contributed by atoms with Crippen molar-refractivity contribution in [3.05, 3.63) is 440 Å². The Kier molecular flexibility index (Phi) is 19.9. The van der Waals surface area contributed by atoms with Gasteiger partial charge in [0.25, 0.3) is 0 Å². The average Bonchev–Trinajstić information content (AvgIpc) is 1.56. The van der Waals surface area contributed by atoms with Gasteiger partial charge in [0.1, 0.15) is 0 Å². The third-order valence-electron chi connectivity index (χ3n) is 23.2. The van der Waals surface area contributed by atoms with Gasteiger partial charge in [0, 0.05) is 69.6 Å². The highest BCUT2D eigenvalue weighted by Crippen LogP contribution is 2.57. The van der Waals surface area contributed by atoms with E-state index in [9.17, 15) is 0 Å². The Morgan fingerprint density at radius 2 is 0.658 bits per heavy atom. The largest absolute Gasteiger partial charge is 0.256 e. The van der Waals surface area contributed by atoms with Crippen LogP contribution < -0.4 is 0 Å². The minimum absolute atomic E-state index is 0.139. The number of rotatable bonds is 6. The molecule has 0 N–H and O–H groups in total. The van der Waals surface area contributed by atoms with Crippen LogP contribution in [0.2, 0.25) is 0 Å². The highest BCUT2D eigenvalue weighted by molar-refractivity contribution is 5.94. The SMILES string of the molecule is [C-]#[N+]c1ccc2c(c1)C(C)(C)c1c(-c3ccccn3)cccc1-2.[C-]#[N+]c1ccc2c(c1)Cc1c(-c3ccc(C)cn3)cccc1-2.[C-]#[N+]c1cccc2c1C(C)(C)c1c(-c3ccccn3)cccc1-2.[C-]#[N+]c1cccc2c1Cc1c(-c3cc(-c4ccccc4)ccn3)cccc1-2.[C-]#[N+]c1cccc2c1Cc1c(-c3ccc(C)cn3)cccc1-2. The van der Waals surface area contributed by atoms with E-state index in [-0.39, 0.29) is 10.8 Å². The van der Waals surface area contributed by atoms with Gasteiger partial charge in [0.2, 0.25) is 0 Å². The number of nitrogens with zero attached hydrogens (tertiary/aromatic N) is 10. The van der Waals surface area contributed by atoms with Crippen molar-refractivity contribution >= 4 is 28.4 Å². The second-order valence-electron chi connectivity index (χ2n) is 30.8. The minimum atomic E-state index is -0.208. The van der Waals surface area contributed by atoms with E-state index in [1.807, 2.05) is 148 Å². The van der Waals surface area contributed by atoms with Crippen LogP contribution in [0.25, 0.3) is 147 Å². The Hall–Kier alpha value is -15.4. The third kappa shape index (κ3) is 13.8. The summed E-state index contributed by atoms with van der Waals surface area (Å²) >= 11 is 0. The van der Waals surface area contributed by atoms with Gasteiger partial charge < -0.3 is 0 Å². The third-order valence-corrected chi connectivity index (χ3v) is 23.2. The lowest BCUT2D eigenvalue weighted by atomic mass is 9.79. The molecule has 0 aliphatic heterocycles. The highest BCUT2D eigenvalue weighted by atomic mass is 14.7. The molecule has 11 aromatic carbocycles. The van der Waals surface area contributed by atoms with Crippen LogP contribution >= 0.6 is 0 Å². The van der Waals surface area contributed by atoms with Crippen LogP contribution in [0.4, 0.5) is 28.4 Å². The maximum atomic E-state index is 7.53. The number of hydrogen-bond acceptors (Lipinski definition) is 5. The van der Waals surface area contributed by atoms with Crippen LogP contribution in [0.5, 0.6) is 0 Å². The summed E-state index contributed by atoms with van der Waals surface area (Å²) in [5, 5.41) is 0. The lowest BCUT2D eigenvalue weighted by Crippen LogP contribution is -2.16. The molecule has 5 aliphatic carbocycles. The van der Waals surface area contributed by atoms with Crippen molar-refractivity contribution < 1.29 is 0 Å². The Bertz CT molecular complexity index is 6840. The van der Waals surface area contributed by atoms with E-state index >= 15 is 0 Å². The van der Waals surface area contributed by atoms with Crippen LogP contribution in [0.15, 0.2) is 316 Å².